The summed E-state index contributed by atoms with van der Waals surface area (Å²) >= 11 is 0. The lowest BCUT2D eigenvalue weighted by Gasteiger charge is -2.18. The Morgan fingerprint density at radius 1 is 1.37 bits per heavy atom. The summed E-state index contributed by atoms with van der Waals surface area (Å²) in [4.78, 5) is 16.3. The third-order valence-electron chi connectivity index (χ3n) is 2.88. The van der Waals surface area contributed by atoms with Crippen LogP contribution in [0.1, 0.15) is 63.0 Å². The number of hydrogen-bond acceptors (Lipinski definition) is 3. The molecule has 106 valence electrons. The van der Waals surface area contributed by atoms with Gasteiger partial charge in [-0.15, -0.1) is 0 Å². The summed E-state index contributed by atoms with van der Waals surface area (Å²) in [5.41, 5.74) is 7.39. The number of hydrogen-bond donors (Lipinski definition) is 2. The number of carbonyl (C=O) groups excluding carboxylic acids is 1. The van der Waals surface area contributed by atoms with Crippen LogP contribution in [0.2, 0.25) is 0 Å². The van der Waals surface area contributed by atoms with Crippen LogP contribution in [0.3, 0.4) is 0 Å². The second-order valence-corrected chi connectivity index (χ2v) is 6.43. The maximum absolute atomic E-state index is 12.1. The summed E-state index contributed by atoms with van der Waals surface area (Å²) in [6.45, 7) is 11.2. The van der Waals surface area contributed by atoms with Gasteiger partial charge in [-0.05, 0) is 29.9 Å². The molecule has 0 aliphatic heterocycles. The van der Waals surface area contributed by atoms with Gasteiger partial charge in [0.1, 0.15) is 5.82 Å². The van der Waals surface area contributed by atoms with Crippen LogP contribution in [0.25, 0.3) is 0 Å². The summed E-state index contributed by atoms with van der Waals surface area (Å²) < 4.78 is 0. The minimum Gasteiger partial charge on any atom is -0.384 e. The van der Waals surface area contributed by atoms with Crippen molar-refractivity contribution in [3.05, 3.63) is 23.4 Å². The predicted molar refractivity (Wildman–Crippen MR) is 79.1 cm³/mol. The minimum absolute atomic E-state index is 0.0831. The first-order valence-electron chi connectivity index (χ1n) is 6.75. The lowest BCUT2D eigenvalue weighted by molar-refractivity contribution is 0.0949. The van der Waals surface area contributed by atoms with Gasteiger partial charge in [-0.2, -0.15) is 0 Å². The highest BCUT2D eigenvalue weighted by Crippen LogP contribution is 2.18. The molecule has 0 aromatic carbocycles. The zero-order valence-electron chi connectivity index (χ0n) is 12.6. The molecular weight excluding hydrogens is 238 g/mol. The molecule has 3 N–H and O–H groups in total. The van der Waals surface area contributed by atoms with Crippen molar-refractivity contribution < 1.29 is 4.79 Å². The van der Waals surface area contributed by atoms with E-state index >= 15 is 0 Å². The molecule has 19 heavy (non-hydrogen) atoms. The molecule has 0 saturated carbocycles. The number of pyridine rings is 1. The van der Waals surface area contributed by atoms with Gasteiger partial charge in [-0.1, -0.05) is 34.6 Å². The third kappa shape index (κ3) is 5.28. The van der Waals surface area contributed by atoms with Crippen molar-refractivity contribution in [2.24, 2.45) is 5.41 Å². The van der Waals surface area contributed by atoms with Gasteiger partial charge in [0.2, 0.25) is 0 Å². The number of amides is 1. The largest absolute Gasteiger partial charge is 0.384 e. The van der Waals surface area contributed by atoms with Gasteiger partial charge >= 0.3 is 0 Å². The molecule has 0 aliphatic carbocycles. The molecule has 0 bridgehead atoms. The fourth-order valence-corrected chi connectivity index (χ4v) is 1.65. The number of nitrogens with two attached hydrogens (primary N) is 1. The molecule has 0 atom stereocenters. The van der Waals surface area contributed by atoms with Gasteiger partial charge in [-0.25, -0.2) is 4.98 Å². The molecule has 1 amide bonds. The van der Waals surface area contributed by atoms with Crippen LogP contribution >= 0.6 is 0 Å². The summed E-state index contributed by atoms with van der Waals surface area (Å²) in [6.07, 6.45) is 0.941. The standard InChI is InChI=1S/C15H25N3O/c1-10(2)12-8-11(9-13(16)18-12)14(19)17-7-6-15(3,4)5/h8-10H,6-7H2,1-5H3,(H2,16,18)(H,17,19). The number of aromatic nitrogens is 1. The van der Waals surface area contributed by atoms with E-state index in [9.17, 15) is 4.79 Å². The maximum atomic E-state index is 12.1. The molecule has 1 heterocycles. The Balaban J connectivity index is 2.72. The highest BCUT2D eigenvalue weighted by atomic mass is 16.1. The molecule has 0 unspecified atom stereocenters. The number of nitrogens with one attached hydrogen (secondary N) is 1. The summed E-state index contributed by atoms with van der Waals surface area (Å²) in [7, 11) is 0. The Labute approximate surface area is 115 Å². The quantitative estimate of drug-likeness (QED) is 0.877. The van der Waals surface area contributed by atoms with Crippen LogP contribution in [0, 0.1) is 5.41 Å². The SMILES string of the molecule is CC(C)c1cc(C(=O)NCCC(C)(C)C)cc(N)n1. The minimum atomic E-state index is -0.0831. The number of anilines is 1. The Morgan fingerprint density at radius 3 is 2.53 bits per heavy atom. The number of rotatable bonds is 4. The van der Waals surface area contributed by atoms with Crippen LogP contribution in [0.5, 0.6) is 0 Å². The Kier molecular flexibility index (Phi) is 4.92. The fraction of sp³-hybridized carbons (Fsp3) is 0.600. The lowest BCUT2D eigenvalue weighted by Crippen LogP contribution is -2.27. The van der Waals surface area contributed by atoms with Crippen molar-refractivity contribution in [3.8, 4) is 0 Å². The molecule has 0 fully saturated rings. The average molecular weight is 263 g/mol. The number of nitrogens with zero attached hydrogens (tertiary/aromatic N) is 1. The van der Waals surface area contributed by atoms with Gasteiger partial charge in [-0.3, -0.25) is 4.79 Å². The van der Waals surface area contributed by atoms with Gasteiger partial charge in [0.05, 0.1) is 0 Å². The predicted octanol–water partition coefficient (Wildman–Crippen LogP) is 2.95. The molecule has 0 aliphatic rings. The monoisotopic (exact) mass is 263 g/mol. The zero-order chi connectivity index (χ0) is 14.6. The van der Waals surface area contributed by atoms with E-state index in [0.717, 1.165) is 12.1 Å². The molecule has 4 nitrogen and oxygen atoms in total. The van der Waals surface area contributed by atoms with Gasteiger partial charge in [0.25, 0.3) is 5.91 Å². The van der Waals surface area contributed by atoms with Crippen LogP contribution in [0.4, 0.5) is 5.82 Å². The molecule has 1 aromatic rings. The van der Waals surface area contributed by atoms with Gasteiger partial charge in [0, 0.05) is 17.8 Å². The number of nitrogen functional groups attached to an aromatic ring is 1. The smallest absolute Gasteiger partial charge is 0.251 e. The topological polar surface area (TPSA) is 68.0 Å². The Hall–Kier alpha value is -1.58. The van der Waals surface area contributed by atoms with E-state index in [2.05, 4.69) is 31.1 Å². The summed E-state index contributed by atoms with van der Waals surface area (Å²) in [5.74, 6) is 0.567. The van der Waals surface area contributed by atoms with Crippen LogP contribution < -0.4 is 11.1 Å². The van der Waals surface area contributed by atoms with Crippen molar-refractivity contribution in [2.45, 2.75) is 47.0 Å². The fourth-order valence-electron chi connectivity index (χ4n) is 1.65. The Bertz CT molecular complexity index is 447. The second kappa shape index (κ2) is 6.04. The second-order valence-electron chi connectivity index (χ2n) is 6.43. The van der Waals surface area contributed by atoms with Crippen LogP contribution in [0.15, 0.2) is 12.1 Å². The molecular formula is C15H25N3O. The van der Waals surface area contributed by atoms with E-state index in [-0.39, 0.29) is 17.2 Å². The van der Waals surface area contributed by atoms with Crippen molar-refractivity contribution in [2.75, 3.05) is 12.3 Å². The normalized spacial score (nSPS) is 11.7. The van der Waals surface area contributed by atoms with Crippen molar-refractivity contribution in [1.82, 2.24) is 10.3 Å². The highest BCUT2D eigenvalue weighted by molar-refractivity contribution is 5.94. The van der Waals surface area contributed by atoms with Gasteiger partial charge in [0.15, 0.2) is 0 Å². The van der Waals surface area contributed by atoms with E-state index < -0.39 is 0 Å². The first kappa shape index (κ1) is 15.5. The lowest BCUT2D eigenvalue weighted by atomic mass is 9.92. The Morgan fingerprint density at radius 2 is 2.00 bits per heavy atom. The molecule has 1 rings (SSSR count). The molecule has 0 saturated heterocycles. The first-order chi connectivity index (χ1) is 8.69. The van der Waals surface area contributed by atoms with Crippen molar-refractivity contribution in [3.63, 3.8) is 0 Å². The van der Waals surface area contributed by atoms with Crippen LogP contribution in [-0.2, 0) is 0 Å². The first-order valence-corrected chi connectivity index (χ1v) is 6.75. The third-order valence-corrected chi connectivity index (χ3v) is 2.88. The average Bonchev–Trinajstić information content (AvgIpc) is 2.26. The van der Waals surface area contributed by atoms with Gasteiger partial charge < -0.3 is 11.1 Å². The highest BCUT2D eigenvalue weighted by Gasteiger charge is 2.13. The summed E-state index contributed by atoms with van der Waals surface area (Å²) in [6, 6.07) is 3.44. The van der Waals surface area contributed by atoms with Crippen molar-refractivity contribution in [1.29, 1.82) is 0 Å². The molecule has 0 radical (unpaired) electrons. The van der Waals surface area contributed by atoms with E-state index in [4.69, 9.17) is 5.73 Å². The van der Waals surface area contributed by atoms with E-state index in [1.165, 1.54) is 0 Å². The molecule has 1 aromatic heterocycles. The van der Waals surface area contributed by atoms with E-state index in [1.807, 2.05) is 19.9 Å². The zero-order valence-corrected chi connectivity index (χ0v) is 12.6. The molecule has 0 spiro atoms. The summed E-state index contributed by atoms with van der Waals surface area (Å²) in [5, 5.41) is 2.93. The van der Waals surface area contributed by atoms with E-state index in [0.29, 0.717) is 17.9 Å². The van der Waals surface area contributed by atoms with Crippen molar-refractivity contribution >= 4 is 11.7 Å². The van der Waals surface area contributed by atoms with Crippen LogP contribution in [-0.4, -0.2) is 17.4 Å². The molecule has 4 heteroatoms. The maximum Gasteiger partial charge on any atom is 0.251 e. The number of carbonyl (C=O) groups is 1. The van der Waals surface area contributed by atoms with E-state index in [1.54, 1.807) is 6.07 Å².